The number of hydrogen-bond donors (Lipinski definition) is 1. The van der Waals surface area contributed by atoms with Crippen LogP contribution in [0.3, 0.4) is 0 Å². The number of nitrogens with zero attached hydrogens (tertiary/aromatic N) is 3. The lowest BCUT2D eigenvalue weighted by Crippen LogP contribution is -2.47. The van der Waals surface area contributed by atoms with E-state index in [1.54, 1.807) is 12.1 Å². The number of nitrogens with two attached hydrogens (primary N) is 1. The van der Waals surface area contributed by atoms with E-state index in [-0.39, 0.29) is 17.8 Å². The van der Waals surface area contributed by atoms with E-state index in [9.17, 15) is 9.18 Å². The van der Waals surface area contributed by atoms with Gasteiger partial charge in [0.05, 0.1) is 12.6 Å². The lowest BCUT2D eigenvalue weighted by atomic mass is 10.0. The summed E-state index contributed by atoms with van der Waals surface area (Å²) < 4.78 is 18.2. The van der Waals surface area contributed by atoms with Crippen molar-refractivity contribution in [3.05, 3.63) is 36.0 Å². The molecule has 6 nitrogen and oxygen atoms in total. The second kappa shape index (κ2) is 6.23. The fraction of sp³-hybridized carbons (Fsp3) is 0.400. The van der Waals surface area contributed by atoms with Crippen LogP contribution in [0.5, 0.6) is 0 Å². The summed E-state index contributed by atoms with van der Waals surface area (Å²) in [5.41, 5.74) is 6.12. The normalized spacial score (nSPS) is 19.2. The second-order valence-electron chi connectivity index (χ2n) is 5.40. The van der Waals surface area contributed by atoms with Crippen molar-refractivity contribution in [2.24, 2.45) is 5.73 Å². The molecule has 1 aromatic carbocycles. The Morgan fingerprint density at radius 3 is 2.86 bits per heavy atom. The van der Waals surface area contributed by atoms with Gasteiger partial charge < -0.3 is 10.3 Å². The highest BCUT2D eigenvalue weighted by atomic mass is 19.1. The first-order chi connectivity index (χ1) is 10.6. The minimum atomic E-state index is -0.321. The Morgan fingerprint density at radius 1 is 1.36 bits per heavy atom. The van der Waals surface area contributed by atoms with Crippen molar-refractivity contribution in [2.45, 2.75) is 31.8 Å². The number of carbonyl (C=O) groups excluding carboxylic acids is 1. The number of rotatable bonds is 4. The third-order valence-corrected chi connectivity index (χ3v) is 3.85. The molecule has 2 heterocycles. The van der Waals surface area contributed by atoms with E-state index in [0.717, 1.165) is 25.8 Å². The third kappa shape index (κ3) is 3.14. The molecule has 1 amide bonds. The maximum atomic E-state index is 12.9. The number of benzene rings is 1. The molecule has 2 N–H and O–H groups in total. The fourth-order valence-corrected chi connectivity index (χ4v) is 2.71. The van der Waals surface area contributed by atoms with Gasteiger partial charge in [0.15, 0.2) is 0 Å². The molecule has 0 spiro atoms. The van der Waals surface area contributed by atoms with Crippen LogP contribution in [0.2, 0.25) is 0 Å². The molecule has 22 heavy (non-hydrogen) atoms. The highest BCUT2D eigenvalue weighted by Gasteiger charge is 2.28. The zero-order valence-corrected chi connectivity index (χ0v) is 12.0. The van der Waals surface area contributed by atoms with E-state index in [1.165, 1.54) is 12.1 Å². The van der Waals surface area contributed by atoms with Crippen molar-refractivity contribution in [3.8, 4) is 11.4 Å². The van der Waals surface area contributed by atoms with Crippen molar-refractivity contribution >= 4 is 5.91 Å². The summed E-state index contributed by atoms with van der Waals surface area (Å²) in [6.45, 7) is 1.17. The molecule has 116 valence electrons. The molecule has 0 bridgehead atoms. The molecule has 1 atom stereocenters. The molecule has 1 aromatic heterocycles. The van der Waals surface area contributed by atoms with Gasteiger partial charge in [-0.15, -0.1) is 0 Å². The lowest BCUT2D eigenvalue weighted by molar-refractivity contribution is -0.124. The lowest BCUT2D eigenvalue weighted by Gasteiger charge is -2.32. The van der Waals surface area contributed by atoms with Crippen molar-refractivity contribution in [1.82, 2.24) is 15.0 Å². The van der Waals surface area contributed by atoms with Crippen LogP contribution in [0, 0.1) is 5.82 Å². The van der Waals surface area contributed by atoms with Gasteiger partial charge in [-0.3, -0.25) is 9.69 Å². The molecule has 7 heteroatoms. The monoisotopic (exact) mass is 304 g/mol. The first-order valence-electron chi connectivity index (χ1n) is 7.25. The predicted octanol–water partition coefficient (Wildman–Crippen LogP) is 1.72. The first kappa shape index (κ1) is 14.6. The molecule has 0 saturated carbocycles. The Kier molecular flexibility index (Phi) is 4.15. The summed E-state index contributed by atoms with van der Waals surface area (Å²) in [6.07, 6.45) is 2.77. The predicted molar refractivity (Wildman–Crippen MR) is 76.9 cm³/mol. The Bertz CT molecular complexity index is 656. The number of primary amides is 1. The van der Waals surface area contributed by atoms with Crippen molar-refractivity contribution in [1.29, 1.82) is 0 Å². The van der Waals surface area contributed by atoms with Gasteiger partial charge in [-0.05, 0) is 43.7 Å². The highest BCUT2D eigenvalue weighted by molar-refractivity contribution is 5.79. The van der Waals surface area contributed by atoms with E-state index < -0.39 is 0 Å². The number of carbonyl (C=O) groups is 1. The maximum absolute atomic E-state index is 12.9. The fourth-order valence-electron chi connectivity index (χ4n) is 2.71. The van der Waals surface area contributed by atoms with Gasteiger partial charge in [0.1, 0.15) is 5.82 Å². The van der Waals surface area contributed by atoms with Crippen LogP contribution in [-0.2, 0) is 11.3 Å². The molecule has 3 rings (SSSR count). The van der Waals surface area contributed by atoms with E-state index in [2.05, 4.69) is 10.1 Å². The summed E-state index contributed by atoms with van der Waals surface area (Å²) in [4.78, 5) is 17.8. The average molecular weight is 304 g/mol. The van der Waals surface area contributed by atoms with Crippen LogP contribution in [-0.4, -0.2) is 33.5 Å². The van der Waals surface area contributed by atoms with Crippen LogP contribution < -0.4 is 5.73 Å². The molecule has 2 aromatic rings. The number of likely N-dealkylation sites (tertiary alicyclic amines) is 1. The minimum absolute atomic E-state index is 0.282. The number of aromatic nitrogens is 2. The Morgan fingerprint density at radius 2 is 2.14 bits per heavy atom. The van der Waals surface area contributed by atoms with Crippen LogP contribution in [0.15, 0.2) is 28.8 Å². The van der Waals surface area contributed by atoms with Crippen molar-refractivity contribution in [3.63, 3.8) is 0 Å². The number of hydrogen-bond acceptors (Lipinski definition) is 5. The van der Waals surface area contributed by atoms with Crippen molar-refractivity contribution in [2.75, 3.05) is 6.54 Å². The second-order valence-corrected chi connectivity index (χ2v) is 5.40. The summed E-state index contributed by atoms with van der Waals surface area (Å²) >= 11 is 0. The Hall–Kier alpha value is -2.28. The van der Waals surface area contributed by atoms with Gasteiger partial charge in [0.2, 0.25) is 17.6 Å². The van der Waals surface area contributed by atoms with Gasteiger partial charge in [0.25, 0.3) is 0 Å². The highest BCUT2D eigenvalue weighted by Crippen LogP contribution is 2.21. The topological polar surface area (TPSA) is 85.3 Å². The molecule has 0 aliphatic carbocycles. The molecule has 1 aliphatic heterocycles. The van der Waals surface area contributed by atoms with Gasteiger partial charge in [0, 0.05) is 5.56 Å². The van der Waals surface area contributed by atoms with E-state index in [0.29, 0.717) is 23.8 Å². The molecular weight excluding hydrogens is 287 g/mol. The van der Waals surface area contributed by atoms with Gasteiger partial charge >= 0.3 is 0 Å². The first-order valence-corrected chi connectivity index (χ1v) is 7.25. The molecule has 1 saturated heterocycles. The number of amides is 1. The van der Waals surface area contributed by atoms with Gasteiger partial charge in [-0.2, -0.15) is 4.98 Å². The minimum Gasteiger partial charge on any atom is -0.368 e. The zero-order chi connectivity index (χ0) is 15.5. The zero-order valence-electron chi connectivity index (χ0n) is 12.0. The largest absolute Gasteiger partial charge is 0.368 e. The quantitative estimate of drug-likeness (QED) is 0.929. The van der Waals surface area contributed by atoms with Gasteiger partial charge in [-0.25, -0.2) is 4.39 Å². The van der Waals surface area contributed by atoms with E-state index in [4.69, 9.17) is 10.3 Å². The third-order valence-electron chi connectivity index (χ3n) is 3.85. The maximum Gasteiger partial charge on any atom is 0.241 e. The van der Waals surface area contributed by atoms with Crippen LogP contribution >= 0.6 is 0 Å². The Balaban J connectivity index is 1.73. The summed E-state index contributed by atoms with van der Waals surface area (Å²) in [5.74, 6) is 0.193. The van der Waals surface area contributed by atoms with Crippen LogP contribution in [0.4, 0.5) is 4.39 Å². The van der Waals surface area contributed by atoms with Crippen LogP contribution in [0.25, 0.3) is 11.4 Å². The molecular formula is C15H17FN4O2. The molecule has 0 radical (unpaired) electrons. The molecule has 0 unspecified atom stereocenters. The number of halogens is 1. The van der Waals surface area contributed by atoms with E-state index in [1.807, 2.05) is 4.90 Å². The molecule has 1 fully saturated rings. The smallest absolute Gasteiger partial charge is 0.241 e. The van der Waals surface area contributed by atoms with Crippen molar-refractivity contribution < 1.29 is 13.7 Å². The van der Waals surface area contributed by atoms with Gasteiger partial charge in [-0.1, -0.05) is 11.6 Å². The Labute approximate surface area is 127 Å². The standard InChI is InChI=1S/C15H17FN4O2/c16-11-6-4-10(5-7-11)15-18-13(22-19-15)9-20-8-2-1-3-12(20)14(17)21/h4-7,12H,1-3,8-9H2,(H2,17,21)/t12-/m1/s1. The summed E-state index contributed by atoms with van der Waals surface area (Å²) in [7, 11) is 0. The van der Waals surface area contributed by atoms with Crippen LogP contribution in [0.1, 0.15) is 25.2 Å². The molecule has 1 aliphatic rings. The number of piperidine rings is 1. The average Bonchev–Trinajstić information content (AvgIpc) is 2.97. The van der Waals surface area contributed by atoms with E-state index >= 15 is 0 Å². The summed E-state index contributed by atoms with van der Waals surface area (Å²) in [6, 6.07) is 5.60. The summed E-state index contributed by atoms with van der Waals surface area (Å²) in [5, 5.41) is 3.90. The SMILES string of the molecule is NC(=O)[C@H]1CCCCN1Cc1nc(-c2ccc(F)cc2)no1.